The van der Waals surface area contributed by atoms with E-state index >= 15 is 0 Å². The van der Waals surface area contributed by atoms with Gasteiger partial charge in [0.05, 0.1) is 6.61 Å². The van der Waals surface area contributed by atoms with Gasteiger partial charge in [-0.2, -0.15) is 0 Å². The highest BCUT2D eigenvalue weighted by Crippen LogP contribution is 2.28. The summed E-state index contributed by atoms with van der Waals surface area (Å²) in [5, 5.41) is 4.03. The number of ether oxygens (including phenoxy) is 1. The van der Waals surface area contributed by atoms with Crippen LogP contribution in [0.4, 0.5) is 5.69 Å². The van der Waals surface area contributed by atoms with Gasteiger partial charge in [-0.05, 0) is 47.3 Å². The van der Waals surface area contributed by atoms with Gasteiger partial charge in [-0.3, -0.25) is 4.79 Å². The summed E-state index contributed by atoms with van der Waals surface area (Å²) in [7, 11) is 0. The topological polar surface area (TPSA) is 54.1 Å². The molecule has 1 aromatic heterocycles. The maximum atomic E-state index is 12.3. The summed E-state index contributed by atoms with van der Waals surface area (Å²) in [4.78, 5) is 15.4. The third-order valence-electron chi connectivity index (χ3n) is 3.76. The zero-order valence-corrected chi connectivity index (χ0v) is 11.3. The molecule has 0 saturated heterocycles. The number of hydrogen-bond acceptors (Lipinski definition) is 2. The largest absolute Gasteiger partial charge is 0.493 e. The van der Waals surface area contributed by atoms with Gasteiger partial charge in [-0.15, -0.1) is 0 Å². The zero-order valence-electron chi connectivity index (χ0n) is 11.3. The summed E-state index contributed by atoms with van der Waals surface area (Å²) in [6.45, 7) is 0.718. The number of H-pyrrole nitrogens is 1. The molecule has 1 aliphatic rings. The first-order valence-electron chi connectivity index (χ1n) is 6.94. The Bertz CT molecular complexity index is 836. The van der Waals surface area contributed by atoms with Crippen LogP contribution in [-0.2, 0) is 6.42 Å². The fourth-order valence-electron chi connectivity index (χ4n) is 2.66. The molecule has 4 rings (SSSR count). The number of aromatic nitrogens is 1. The molecule has 1 amide bonds. The molecule has 0 saturated carbocycles. The fourth-order valence-corrected chi connectivity index (χ4v) is 2.66. The summed E-state index contributed by atoms with van der Waals surface area (Å²) in [5.74, 6) is 0.811. The van der Waals surface area contributed by atoms with Gasteiger partial charge in [-0.25, -0.2) is 0 Å². The third-order valence-corrected chi connectivity index (χ3v) is 3.76. The molecule has 4 heteroatoms. The highest BCUT2D eigenvalue weighted by molar-refractivity contribution is 6.06. The van der Waals surface area contributed by atoms with Crippen molar-refractivity contribution in [2.45, 2.75) is 6.42 Å². The van der Waals surface area contributed by atoms with Crippen molar-refractivity contribution in [3.63, 3.8) is 0 Å². The number of carbonyl (C=O) groups is 1. The number of benzene rings is 2. The smallest absolute Gasteiger partial charge is 0.255 e. The van der Waals surface area contributed by atoms with Crippen molar-refractivity contribution in [2.75, 3.05) is 11.9 Å². The van der Waals surface area contributed by atoms with E-state index in [0.717, 1.165) is 40.9 Å². The fraction of sp³-hybridized carbons (Fsp3) is 0.118. The van der Waals surface area contributed by atoms with Crippen LogP contribution >= 0.6 is 0 Å². The van der Waals surface area contributed by atoms with Gasteiger partial charge in [0.15, 0.2) is 0 Å². The molecule has 3 aromatic rings. The number of fused-ring (bicyclic) bond motifs is 2. The SMILES string of the molecule is O=C(Nc1ccc2c(c1)CCO2)c1ccc2cc[nH]c2c1. The average Bonchev–Trinajstić information content (AvgIpc) is 3.14. The van der Waals surface area contributed by atoms with Gasteiger partial charge < -0.3 is 15.0 Å². The van der Waals surface area contributed by atoms with E-state index in [1.807, 2.05) is 48.7 Å². The molecule has 0 atom stereocenters. The van der Waals surface area contributed by atoms with Crippen LogP contribution in [0.15, 0.2) is 48.7 Å². The minimum absolute atomic E-state index is 0.106. The maximum absolute atomic E-state index is 12.3. The van der Waals surface area contributed by atoms with E-state index < -0.39 is 0 Å². The second-order valence-corrected chi connectivity index (χ2v) is 5.15. The van der Waals surface area contributed by atoms with Crippen LogP contribution in [0.1, 0.15) is 15.9 Å². The van der Waals surface area contributed by atoms with E-state index in [1.54, 1.807) is 0 Å². The molecule has 0 spiro atoms. The van der Waals surface area contributed by atoms with Gasteiger partial charge in [0.2, 0.25) is 0 Å². The lowest BCUT2D eigenvalue weighted by atomic mass is 10.1. The lowest BCUT2D eigenvalue weighted by molar-refractivity contribution is 0.102. The highest BCUT2D eigenvalue weighted by atomic mass is 16.5. The number of nitrogens with one attached hydrogen (secondary N) is 2. The van der Waals surface area contributed by atoms with Crippen molar-refractivity contribution in [2.24, 2.45) is 0 Å². The number of anilines is 1. The Labute approximate surface area is 121 Å². The van der Waals surface area contributed by atoms with E-state index in [0.29, 0.717) is 5.56 Å². The quantitative estimate of drug-likeness (QED) is 0.755. The summed E-state index contributed by atoms with van der Waals surface area (Å²) < 4.78 is 5.47. The van der Waals surface area contributed by atoms with Crippen molar-refractivity contribution in [1.82, 2.24) is 4.98 Å². The molecular formula is C17H14N2O2. The third kappa shape index (κ3) is 2.14. The minimum Gasteiger partial charge on any atom is -0.493 e. The monoisotopic (exact) mass is 278 g/mol. The van der Waals surface area contributed by atoms with Crippen molar-refractivity contribution in [3.05, 3.63) is 59.8 Å². The van der Waals surface area contributed by atoms with Crippen LogP contribution in [0.25, 0.3) is 10.9 Å². The molecule has 2 heterocycles. The molecule has 21 heavy (non-hydrogen) atoms. The van der Waals surface area contributed by atoms with Crippen molar-refractivity contribution in [1.29, 1.82) is 0 Å². The van der Waals surface area contributed by atoms with Crippen LogP contribution in [-0.4, -0.2) is 17.5 Å². The van der Waals surface area contributed by atoms with Crippen molar-refractivity contribution < 1.29 is 9.53 Å². The summed E-state index contributed by atoms with van der Waals surface area (Å²) in [6.07, 6.45) is 2.76. The first-order valence-corrected chi connectivity index (χ1v) is 6.94. The summed E-state index contributed by atoms with van der Waals surface area (Å²) >= 11 is 0. The summed E-state index contributed by atoms with van der Waals surface area (Å²) in [6, 6.07) is 13.4. The van der Waals surface area contributed by atoms with Crippen LogP contribution in [0, 0.1) is 0 Å². The van der Waals surface area contributed by atoms with E-state index in [1.165, 1.54) is 0 Å². The average molecular weight is 278 g/mol. The van der Waals surface area contributed by atoms with Gasteiger partial charge in [0, 0.05) is 29.4 Å². The van der Waals surface area contributed by atoms with Crippen LogP contribution in [0.3, 0.4) is 0 Å². The van der Waals surface area contributed by atoms with Crippen molar-refractivity contribution >= 4 is 22.5 Å². The lowest BCUT2D eigenvalue weighted by Crippen LogP contribution is -2.11. The number of aromatic amines is 1. The van der Waals surface area contributed by atoms with Gasteiger partial charge in [-0.1, -0.05) is 6.07 Å². The lowest BCUT2D eigenvalue weighted by Gasteiger charge is -2.07. The normalized spacial score (nSPS) is 13.0. The second-order valence-electron chi connectivity index (χ2n) is 5.15. The molecule has 104 valence electrons. The molecule has 4 nitrogen and oxygen atoms in total. The molecule has 2 N–H and O–H groups in total. The Hall–Kier alpha value is -2.75. The standard InChI is InChI=1S/C17H14N2O2/c20-17(13-2-1-11-5-7-18-15(11)10-13)19-14-3-4-16-12(9-14)6-8-21-16/h1-5,7,9-10,18H,6,8H2,(H,19,20). The molecule has 0 unspecified atom stereocenters. The number of hydrogen-bond donors (Lipinski definition) is 2. The Morgan fingerprint density at radius 1 is 1.14 bits per heavy atom. The van der Waals surface area contributed by atoms with Gasteiger partial charge in [0.25, 0.3) is 5.91 Å². The number of amides is 1. The van der Waals surface area contributed by atoms with E-state index in [2.05, 4.69) is 10.3 Å². The van der Waals surface area contributed by atoms with E-state index in [9.17, 15) is 4.79 Å². The highest BCUT2D eigenvalue weighted by Gasteiger charge is 2.13. The van der Waals surface area contributed by atoms with Crippen LogP contribution in [0.2, 0.25) is 0 Å². The predicted molar refractivity (Wildman–Crippen MR) is 81.9 cm³/mol. The predicted octanol–water partition coefficient (Wildman–Crippen LogP) is 3.36. The summed E-state index contributed by atoms with van der Waals surface area (Å²) in [5.41, 5.74) is 3.55. The Morgan fingerprint density at radius 3 is 3.05 bits per heavy atom. The molecule has 0 fully saturated rings. The van der Waals surface area contributed by atoms with E-state index in [-0.39, 0.29) is 5.91 Å². The molecule has 0 aliphatic carbocycles. The Kier molecular flexibility index (Phi) is 2.67. The molecule has 1 aliphatic heterocycles. The number of rotatable bonds is 2. The number of carbonyl (C=O) groups excluding carboxylic acids is 1. The van der Waals surface area contributed by atoms with Crippen molar-refractivity contribution in [3.8, 4) is 5.75 Å². The zero-order chi connectivity index (χ0) is 14.2. The van der Waals surface area contributed by atoms with Crippen LogP contribution < -0.4 is 10.1 Å². The maximum Gasteiger partial charge on any atom is 0.255 e. The molecule has 2 aromatic carbocycles. The van der Waals surface area contributed by atoms with Crippen LogP contribution in [0.5, 0.6) is 5.75 Å². The second kappa shape index (κ2) is 4.66. The minimum atomic E-state index is -0.106. The molecule has 0 radical (unpaired) electrons. The first-order chi connectivity index (χ1) is 10.3. The Balaban J connectivity index is 1.60. The van der Waals surface area contributed by atoms with E-state index in [4.69, 9.17) is 4.74 Å². The Morgan fingerprint density at radius 2 is 2.10 bits per heavy atom. The molecule has 0 bridgehead atoms. The molecular weight excluding hydrogens is 264 g/mol. The van der Waals surface area contributed by atoms with Gasteiger partial charge >= 0.3 is 0 Å². The first kappa shape index (κ1) is 12.0. The van der Waals surface area contributed by atoms with Gasteiger partial charge in [0.1, 0.15) is 5.75 Å².